The fourth-order valence-corrected chi connectivity index (χ4v) is 5.28. The van der Waals surface area contributed by atoms with Gasteiger partial charge in [-0.05, 0) is 37.1 Å². The summed E-state index contributed by atoms with van der Waals surface area (Å²) in [5.41, 5.74) is 10.1. The van der Waals surface area contributed by atoms with Crippen molar-refractivity contribution < 1.29 is 13.9 Å². The molecule has 2 aliphatic rings. The molecule has 9 nitrogen and oxygen atoms in total. The van der Waals surface area contributed by atoms with Gasteiger partial charge in [-0.3, -0.25) is 14.7 Å². The predicted octanol–water partition coefficient (Wildman–Crippen LogP) is 3.06. The summed E-state index contributed by atoms with van der Waals surface area (Å²) in [6, 6.07) is 5.51. The highest BCUT2D eigenvalue weighted by Crippen LogP contribution is 2.38. The highest BCUT2D eigenvalue weighted by molar-refractivity contribution is 6.45. The molecule has 1 amide bonds. The minimum Gasteiger partial charge on any atom is -0.467 e. The molecule has 0 spiro atoms. The maximum absolute atomic E-state index is 14.6. The van der Waals surface area contributed by atoms with Crippen LogP contribution < -0.4 is 15.4 Å². The molecular formula is C27H35ClFN7O2. The van der Waals surface area contributed by atoms with E-state index in [-0.39, 0.29) is 34.5 Å². The van der Waals surface area contributed by atoms with Crippen molar-refractivity contribution in [2.45, 2.75) is 38.8 Å². The molecule has 0 radical (unpaired) electrons. The van der Waals surface area contributed by atoms with E-state index in [0.717, 1.165) is 34.6 Å². The Morgan fingerprint density at radius 3 is 2.74 bits per heavy atom. The number of carbonyl (C=O) groups excluding carboxylic acids is 1. The second-order valence-electron chi connectivity index (χ2n) is 9.79. The molecule has 204 valence electrons. The Bertz CT molecular complexity index is 1280. The van der Waals surface area contributed by atoms with Crippen LogP contribution in [-0.2, 0) is 24.2 Å². The van der Waals surface area contributed by atoms with E-state index in [0.29, 0.717) is 44.7 Å². The summed E-state index contributed by atoms with van der Waals surface area (Å²) in [7, 11) is 6.82. The Morgan fingerprint density at radius 2 is 2.05 bits per heavy atom. The monoisotopic (exact) mass is 543 g/mol. The van der Waals surface area contributed by atoms with Crippen molar-refractivity contribution in [1.29, 1.82) is 0 Å². The molecule has 3 heterocycles. The lowest BCUT2D eigenvalue weighted by Crippen LogP contribution is -2.37. The van der Waals surface area contributed by atoms with Crippen LogP contribution >= 0.6 is 11.6 Å². The molecule has 1 aromatic heterocycles. The van der Waals surface area contributed by atoms with Crippen molar-refractivity contribution in [3.05, 3.63) is 57.1 Å². The van der Waals surface area contributed by atoms with E-state index in [9.17, 15) is 9.18 Å². The van der Waals surface area contributed by atoms with Gasteiger partial charge < -0.3 is 20.3 Å². The number of carbonyl (C=O) groups is 1. The van der Waals surface area contributed by atoms with Crippen LogP contribution in [0.4, 0.5) is 10.2 Å². The van der Waals surface area contributed by atoms with Gasteiger partial charge in [-0.25, -0.2) is 4.39 Å². The van der Waals surface area contributed by atoms with Crippen molar-refractivity contribution >= 4 is 29.0 Å². The van der Waals surface area contributed by atoms with E-state index >= 15 is 0 Å². The van der Waals surface area contributed by atoms with Gasteiger partial charge in [0, 0.05) is 51.8 Å². The number of halogens is 2. The van der Waals surface area contributed by atoms with E-state index in [1.54, 1.807) is 27.3 Å². The molecule has 0 saturated heterocycles. The van der Waals surface area contributed by atoms with Crippen LogP contribution in [0.1, 0.15) is 41.8 Å². The summed E-state index contributed by atoms with van der Waals surface area (Å²) in [5.74, 6) is 0.188. The standard InChI is InChI=1S/C27H35ClFN7O2/c1-6-16-17(9-7-10-19(16)29)22-13-20-18(14-35(22)4)25(33-27(32-20)38-5)36-12-8-11-31-21(15-36)23(28)24(30)26(37)34(2)3/h7,9-10,22H,6,8,11-15,30H2,1-5H3/b24-23+. The Kier molecular flexibility index (Phi) is 8.52. The Balaban J connectivity index is 1.72. The number of amides is 1. The number of ether oxygens (including phenoxy) is 1. The van der Waals surface area contributed by atoms with Crippen molar-refractivity contribution in [3.63, 3.8) is 0 Å². The number of methoxy groups -OCH3 is 1. The fraction of sp³-hybridized carbons (Fsp3) is 0.481. The Hall–Kier alpha value is -3.24. The molecule has 4 rings (SSSR count). The summed E-state index contributed by atoms with van der Waals surface area (Å²) in [6.07, 6.45) is 1.98. The van der Waals surface area contributed by atoms with Gasteiger partial charge in [0.2, 0.25) is 0 Å². The number of aliphatic imine (C=N–C) groups is 1. The van der Waals surface area contributed by atoms with E-state index in [4.69, 9.17) is 32.0 Å². The molecule has 1 atom stereocenters. The molecule has 11 heteroatoms. The van der Waals surface area contributed by atoms with Gasteiger partial charge in [0.25, 0.3) is 5.91 Å². The number of anilines is 1. The molecule has 0 aliphatic carbocycles. The minimum atomic E-state index is -0.369. The quantitative estimate of drug-likeness (QED) is 0.559. The highest BCUT2D eigenvalue weighted by atomic mass is 35.5. The van der Waals surface area contributed by atoms with Crippen LogP contribution in [0, 0.1) is 5.82 Å². The molecule has 38 heavy (non-hydrogen) atoms. The van der Waals surface area contributed by atoms with Crippen LogP contribution in [0.15, 0.2) is 33.9 Å². The fourth-order valence-electron chi connectivity index (χ4n) is 5.08. The molecule has 0 saturated carbocycles. The van der Waals surface area contributed by atoms with E-state index in [2.05, 4.69) is 14.8 Å². The van der Waals surface area contributed by atoms with Gasteiger partial charge >= 0.3 is 6.01 Å². The lowest BCUT2D eigenvalue weighted by atomic mass is 9.89. The summed E-state index contributed by atoms with van der Waals surface area (Å²) in [5, 5.41) is 0.154. The summed E-state index contributed by atoms with van der Waals surface area (Å²) >= 11 is 6.58. The van der Waals surface area contributed by atoms with E-state index in [1.165, 1.54) is 11.0 Å². The topological polar surface area (TPSA) is 100 Å². The lowest BCUT2D eigenvalue weighted by molar-refractivity contribution is -0.124. The average Bonchev–Trinajstić information content (AvgIpc) is 3.17. The SMILES string of the molecule is CCc1c(F)cccc1C1Cc2nc(OC)nc(N3CCCN=C(/C(Cl)=C(\N)C(=O)N(C)C)C3)c2CN1C. The number of likely N-dealkylation sites (N-methyl/N-ethyl adjacent to an activating group) is 2. The third kappa shape index (κ3) is 5.47. The largest absolute Gasteiger partial charge is 0.467 e. The zero-order valence-electron chi connectivity index (χ0n) is 22.6. The number of rotatable bonds is 6. The number of hydrogen-bond donors (Lipinski definition) is 1. The van der Waals surface area contributed by atoms with Crippen molar-refractivity contribution in [3.8, 4) is 6.01 Å². The molecular weight excluding hydrogens is 509 g/mol. The van der Waals surface area contributed by atoms with Crippen LogP contribution in [-0.4, -0.2) is 79.3 Å². The second-order valence-corrected chi connectivity index (χ2v) is 10.2. The van der Waals surface area contributed by atoms with Crippen LogP contribution in [0.25, 0.3) is 0 Å². The van der Waals surface area contributed by atoms with Gasteiger partial charge in [0.15, 0.2) is 0 Å². The molecule has 1 unspecified atom stereocenters. The molecule has 1 aromatic carbocycles. The maximum Gasteiger partial charge on any atom is 0.318 e. The first kappa shape index (κ1) is 27.8. The minimum absolute atomic E-state index is 0.0314. The number of nitrogens with zero attached hydrogens (tertiary/aromatic N) is 6. The predicted molar refractivity (Wildman–Crippen MR) is 147 cm³/mol. The first-order chi connectivity index (χ1) is 18.2. The van der Waals surface area contributed by atoms with Crippen LogP contribution in [0.2, 0.25) is 0 Å². The van der Waals surface area contributed by atoms with Crippen LogP contribution in [0.3, 0.4) is 0 Å². The average molecular weight is 544 g/mol. The molecule has 0 fully saturated rings. The second kappa shape index (κ2) is 11.7. The van der Waals surface area contributed by atoms with Gasteiger partial charge in [-0.1, -0.05) is 30.7 Å². The molecule has 2 N–H and O–H groups in total. The van der Waals surface area contributed by atoms with Gasteiger partial charge in [-0.15, -0.1) is 0 Å². The van der Waals surface area contributed by atoms with E-state index in [1.807, 2.05) is 20.0 Å². The Morgan fingerprint density at radius 1 is 1.29 bits per heavy atom. The normalized spacial score (nSPS) is 18.8. The third-order valence-corrected chi connectivity index (χ3v) is 7.50. The summed E-state index contributed by atoms with van der Waals surface area (Å²) < 4.78 is 20.1. The van der Waals surface area contributed by atoms with Gasteiger partial charge in [0.1, 0.15) is 17.3 Å². The van der Waals surface area contributed by atoms with Crippen molar-refractivity contribution in [2.75, 3.05) is 52.8 Å². The smallest absolute Gasteiger partial charge is 0.318 e. The first-order valence-electron chi connectivity index (χ1n) is 12.7. The Labute approximate surface area is 228 Å². The zero-order chi connectivity index (χ0) is 27.6. The highest BCUT2D eigenvalue weighted by Gasteiger charge is 2.33. The van der Waals surface area contributed by atoms with Crippen molar-refractivity contribution in [2.24, 2.45) is 10.7 Å². The van der Waals surface area contributed by atoms with Crippen LogP contribution in [0.5, 0.6) is 6.01 Å². The number of aromatic nitrogens is 2. The third-order valence-electron chi connectivity index (χ3n) is 7.08. The van der Waals surface area contributed by atoms with Gasteiger partial charge in [-0.2, -0.15) is 9.97 Å². The number of fused-ring (bicyclic) bond motifs is 1. The first-order valence-corrected chi connectivity index (χ1v) is 13.1. The maximum atomic E-state index is 14.6. The summed E-state index contributed by atoms with van der Waals surface area (Å²) in [6.45, 7) is 4.12. The molecule has 0 bridgehead atoms. The molecule has 2 aliphatic heterocycles. The molecule has 2 aromatic rings. The number of nitrogens with two attached hydrogens (primary N) is 1. The van der Waals surface area contributed by atoms with Crippen molar-refractivity contribution in [1.82, 2.24) is 19.8 Å². The lowest BCUT2D eigenvalue weighted by Gasteiger charge is -2.37. The number of hydrogen-bond acceptors (Lipinski definition) is 8. The number of benzene rings is 1. The van der Waals surface area contributed by atoms with E-state index < -0.39 is 0 Å². The zero-order valence-corrected chi connectivity index (χ0v) is 23.3. The summed E-state index contributed by atoms with van der Waals surface area (Å²) in [4.78, 5) is 32.2. The van der Waals surface area contributed by atoms with Gasteiger partial charge in [0.05, 0.1) is 30.1 Å².